The highest BCUT2D eigenvalue weighted by Gasteiger charge is 2.29. The van der Waals surface area contributed by atoms with E-state index in [0.717, 1.165) is 32.6 Å². The van der Waals surface area contributed by atoms with Gasteiger partial charge in [-0.3, -0.25) is 0 Å². The number of amides is 2. The molecule has 1 fully saturated rings. The van der Waals surface area contributed by atoms with E-state index < -0.39 is 0 Å². The van der Waals surface area contributed by atoms with Gasteiger partial charge in [0.25, 0.3) is 0 Å². The minimum absolute atomic E-state index is 0.200. The Labute approximate surface area is 99.0 Å². The van der Waals surface area contributed by atoms with Gasteiger partial charge < -0.3 is 15.1 Å². The zero-order valence-electron chi connectivity index (χ0n) is 11.0. The van der Waals surface area contributed by atoms with Gasteiger partial charge in [0.2, 0.25) is 0 Å². The zero-order chi connectivity index (χ0) is 12.1. The number of carbonyl (C=O) groups is 1. The molecule has 16 heavy (non-hydrogen) atoms. The molecular weight excluding hydrogens is 202 g/mol. The van der Waals surface area contributed by atoms with Crippen LogP contribution in [0.5, 0.6) is 0 Å². The highest BCUT2D eigenvalue weighted by molar-refractivity contribution is 5.74. The number of piperidine rings is 1. The van der Waals surface area contributed by atoms with Crippen molar-refractivity contribution in [3.05, 3.63) is 0 Å². The number of hydrogen-bond donors (Lipinski definition) is 1. The van der Waals surface area contributed by atoms with Gasteiger partial charge in [0.05, 0.1) is 0 Å². The van der Waals surface area contributed by atoms with E-state index in [-0.39, 0.29) is 6.03 Å². The van der Waals surface area contributed by atoms with E-state index in [1.54, 1.807) is 0 Å². The van der Waals surface area contributed by atoms with Crippen LogP contribution in [0.4, 0.5) is 4.79 Å². The van der Waals surface area contributed by atoms with Crippen molar-refractivity contribution in [3.63, 3.8) is 0 Å². The van der Waals surface area contributed by atoms with E-state index in [2.05, 4.69) is 12.2 Å². The van der Waals surface area contributed by atoms with E-state index in [1.807, 2.05) is 30.7 Å². The van der Waals surface area contributed by atoms with Crippen molar-refractivity contribution in [1.82, 2.24) is 15.1 Å². The second-order valence-corrected chi connectivity index (χ2v) is 4.56. The molecule has 0 radical (unpaired) electrons. The third-order valence-corrected chi connectivity index (χ3v) is 3.58. The van der Waals surface area contributed by atoms with Crippen LogP contribution in [0.1, 0.15) is 27.2 Å². The third-order valence-electron chi connectivity index (χ3n) is 3.58. The predicted molar refractivity (Wildman–Crippen MR) is 66.5 cm³/mol. The lowest BCUT2D eigenvalue weighted by molar-refractivity contribution is 0.123. The molecule has 2 amide bonds. The number of hydrogen-bond acceptors (Lipinski definition) is 2. The lowest BCUT2D eigenvalue weighted by atomic mass is 9.94. The standard InChI is InChI=1S/C12H25N3O/c1-5-14(6-2)12(16)15-8-7-11(13-4)10(3)9-15/h10-11,13H,5-9H2,1-4H3. The third kappa shape index (κ3) is 2.88. The Hall–Kier alpha value is -0.770. The Morgan fingerprint density at radius 3 is 2.50 bits per heavy atom. The van der Waals surface area contributed by atoms with Crippen LogP contribution in [-0.4, -0.2) is 55.1 Å². The molecular formula is C12H25N3O. The molecule has 1 rings (SSSR count). The first-order valence-corrected chi connectivity index (χ1v) is 6.35. The topological polar surface area (TPSA) is 35.6 Å². The van der Waals surface area contributed by atoms with Crippen molar-refractivity contribution in [1.29, 1.82) is 0 Å². The average Bonchev–Trinajstić information content (AvgIpc) is 2.30. The van der Waals surface area contributed by atoms with Crippen LogP contribution in [0.3, 0.4) is 0 Å². The highest BCUT2D eigenvalue weighted by Crippen LogP contribution is 2.17. The van der Waals surface area contributed by atoms with Crippen LogP contribution in [0.2, 0.25) is 0 Å². The minimum Gasteiger partial charge on any atom is -0.325 e. The zero-order valence-corrected chi connectivity index (χ0v) is 11.0. The number of nitrogens with zero attached hydrogens (tertiary/aromatic N) is 2. The van der Waals surface area contributed by atoms with Gasteiger partial charge in [-0.05, 0) is 33.2 Å². The fourth-order valence-corrected chi connectivity index (χ4v) is 2.44. The summed E-state index contributed by atoms with van der Waals surface area (Å²) in [5.74, 6) is 0.540. The first-order chi connectivity index (χ1) is 7.63. The van der Waals surface area contributed by atoms with Crippen molar-refractivity contribution < 1.29 is 4.79 Å². The molecule has 4 heteroatoms. The Morgan fingerprint density at radius 2 is 2.06 bits per heavy atom. The molecule has 0 spiro atoms. The lowest BCUT2D eigenvalue weighted by Gasteiger charge is -2.38. The highest BCUT2D eigenvalue weighted by atomic mass is 16.2. The fourth-order valence-electron chi connectivity index (χ4n) is 2.44. The van der Waals surface area contributed by atoms with Crippen molar-refractivity contribution in [2.45, 2.75) is 33.2 Å². The monoisotopic (exact) mass is 227 g/mol. The van der Waals surface area contributed by atoms with Gasteiger partial charge in [0.1, 0.15) is 0 Å². The van der Waals surface area contributed by atoms with Crippen molar-refractivity contribution >= 4 is 6.03 Å². The number of carbonyl (C=O) groups excluding carboxylic acids is 1. The van der Waals surface area contributed by atoms with Gasteiger partial charge in [0.15, 0.2) is 0 Å². The summed E-state index contributed by atoms with van der Waals surface area (Å²) in [5, 5.41) is 3.32. The molecule has 0 aromatic heterocycles. The van der Waals surface area contributed by atoms with E-state index >= 15 is 0 Å². The maximum atomic E-state index is 12.1. The van der Waals surface area contributed by atoms with Crippen LogP contribution < -0.4 is 5.32 Å². The summed E-state index contributed by atoms with van der Waals surface area (Å²) in [6.07, 6.45) is 1.06. The van der Waals surface area contributed by atoms with Crippen LogP contribution in [-0.2, 0) is 0 Å². The largest absolute Gasteiger partial charge is 0.325 e. The molecule has 1 saturated heterocycles. The van der Waals surface area contributed by atoms with Gasteiger partial charge in [-0.25, -0.2) is 4.79 Å². The van der Waals surface area contributed by atoms with Gasteiger partial charge in [-0.1, -0.05) is 6.92 Å². The number of urea groups is 1. The van der Waals surface area contributed by atoms with Gasteiger partial charge in [0, 0.05) is 32.2 Å². The summed E-state index contributed by atoms with van der Waals surface area (Å²) >= 11 is 0. The molecule has 1 heterocycles. The first-order valence-electron chi connectivity index (χ1n) is 6.35. The molecule has 1 N–H and O–H groups in total. The molecule has 4 nitrogen and oxygen atoms in total. The fraction of sp³-hybridized carbons (Fsp3) is 0.917. The summed E-state index contributed by atoms with van der Waals surface area (Å²) < 4.78 is 0. The Balaban J connectivity index is 2.53. The molecule has 0 aromatic rings. The molecule has 2 unspecified atom stereocenters. The Morgan fingerprint density at radius 1 is 1.44 bits per heavy atom. The molecule has 0 aromatic carbocycles. The molecule has 0 aliphatic carbocycles. The van der Waals surface area contributed by atoms with Gasteiger partial charge >= 0.3 is 6.03 Å². The number of rotatable bonds is 3. The normalized spacial score (nSPS) is 25.6. The SMILES string of the molecule is CCN(CC)C(=O)N1CCC(NC)C(C)C1. The summed E-state index contributed by atoms with van der Waals surface area (Å²) in [4.78, 5) is 16.0. The summed E-state index contributed by atoms with van der Waals surface area (Å²) in [5.41, 5.74) is 0. The van der Waals surface area contributed by atoms with Crippen molar-refractivity contribution in [2.24, 2.45) is 5.92 Å². The van der Waals surface area contributed by atoms with Gasteiger partial charge in [-0.15, -0.1) is 0 Å². The van der Waals surface area contributed by atoms with E-state index in [4.69, 9.17) is 0 Å². The van der Waals surface area contributed by atoms with E-state index in [1.165, 1.54) is 0 Å². The molecule has 2 atom stereocenters. The maximum Gasteiger partial charge on any atom is 0.319 e. The van der Waals surface area contributed by atoms with Gasteiger partial charge in [-0.2, -0.15) is 0 Å². The van der Waals surface area contributed by atoms with Crippen molar-refractivity contribution in [2.75, 3.05) is 33.2 Å². The van der Waals surface area contributed by atoms with Crippen LogP contribution in [0.25, 0.3) is 0 Å². The average molecular weight is 227 g/mol. The molecule has 0 bridgehead atoms. The molecule has 94 valence electrons. The summed E-state index contributed by atoms with van der Waals surface area (Å²) in [6.45, 7) is 9.64. The maximum absolute atomic E-state index is 12.1. The molecule has 1 aliphatic rings. The van der Waals surface area contributed by atoms with Crippen LogP contribution >= 0.6 is 0 Å². The molecule has 0 saturated carbocycles. The first kappa shape index (κ1) is 13.3. The second kappa shape index (κ2) is 6.09. The predicted octanol–water partition coefficient (Wildman–Crippen LogP) is 1.38. The number of likely N-dealkylation sites (tertiary alicyclic amines) is 1. The second-order valence-electron chi connectivity index (χ2n) is 4.56. The minimum atomic E-state index is 0.200. The summed E-state index contributed by atoms with van der Waals surface area (Å²) in [6, 6.07) is 0.757. The van der Waals surface area contributed by atoms with Crippen LogP contribution in [0.15, 0.2) is 0 Å². The van der Waals surface area contributed by atoms with E-state index in [9.17, 15) is 4.79 Å². The quantitative estimate of drug-likeness (QED) is 0.790. The lowest BCUT2D eigenvalue weighted by Crippen LogP contribution is -2.52. The Kier molecular flexibility index (Phi) is 5.06. The van der Waals surface area contributed by atoms with Crippen molar-refractivity contribution in [3.8, 4) is 0 Å². The summed E-state index contributed by atoms with van der Waals surface area (Å²) in [7, 11) is 2.00. The smallest absolute Gasteiger partial charge is 0.319 e. The van der Waals surface area contributed by atoms with Crippen LogP contribution in [0, 0.1) is 5.92 Å². The van der Waals surface area contributed by atoms with E-state index in [0.29, 0.717) is 12.0 Å². The number of nitrogens with one attached hydrogen (secondary N) is 1. The molecule has 1 aliphatic heterocycles. The Bertz CT molecular complexity index is 228.